The molecule has 0 bridgehead atoms. The molecule has 0 amide bonds. The number of nitrogens with zero attached hydrogens (tertiary/aromatic N) is 3. The van der Waals surface area contributed by atoms with Crippen LogP contribution < -0.4 is 15.2 Å². The third-order valence-electron chi connectivity index (χ3n) is 5.59. The molecule has 3 heterocycles. The van der Waals surface area contributed by atoms with Crippen molar-refractivity contribution in [1.82, 2.24) is 14.5 Å². The van der Waals surface area contributed by atoms with Crippen LogP contribution in [0.5, 0.6) is 11.5 Å². The van der Waals surface area contributed by atoms with Crippen molar-refractivity contribution in [3.63, 3.8) is 0 Å². The van der Waals surface area contributed by atoms with Crippen molar-refractivity contribution in [1.29, 1.82) is 0 Å². The molecule has 32 heavy (non-hydrogen) atoms. The number of hydrogen-bond donors (Lipinski definition) is 1. The van der Waals surface area contributed by atoms with Crippen molar-refractivity contribution in [3.05, 3.63) is 30.3 Å². The van der Waals surface area contributed by atoms with E-state index in [4.69, 9.17) is 29.3 Å². The Kier molecular flexibility index (Phi) is 5.08. The van der Waals surface area contributed by atoms with Crippen LogP contribution in [0.4, 0.5) is 6.01 Å². The molecule has 5 rings (SSSR count). The van der Waals surface area contributed by atoms with E-state index in [0.717, 1.165) is 41.8 Å². The Hall–Kier alpha value is -3.75. The van der Waals surface area contributed by atoms with Crippen LogP contribution in [0.15, 0.2) is 34.7 Å². The number of fused-ring (bicyclic) bond motifs is 1. The number of esters is 1. The summed E-state index contributed by atoms with van der Waals surface area (Å²) in [4.78, 5) is 21.2. The van der Waals surface area contributed by atoms with Gasteiger partial charge in [-0.1, -0.05) is 6.92 Å². The second-order valence-electron chi connectivity index (χ2n) is 7.70. The fraction of sp³-hybridized carbons (Fsp3) is 0.348. The number of ether oxygens (including phenoxy) is 3. The summed E-state index contributed by atoms with van der Waals surface area (Å²) in [7, 11) is 1.35. The highest BCUT2D eigenvalue weighted by Gasteiger charge is 2.23. The highest BCUT2D eigenvalue weighted by molar-refractivity contribution is 5.89. The van der Waals surface area contributed by atoms with Gasteiger partial charge in [0.1, 0.15) is 28.4 Å². The van der Waals surface area contributed by atoms with E-state index >= 15 is 0 Å². The topological polar surface area (TPSA) is 115 Å². The number of nitrogens with two attached hydrogens (primary N) is 1. The fourth-order valence-electron chi connectivity index (χ4n) is 4.05. The van der Waals surface area contributed by atoms with Crippen LogP contribution in [0.25, 0.3) is 33.5 Å². The van der Waals surface area contributed by atoms with Gasteiger partial charge in [-0.2, -0.15) is 4.98 Å². The molecule has 2 aromatic heterocycles. The molecular formula is C23H24N4O5. The van der Waals surface area contributed by atoms with E-state index in [1.165, 1.54) is 7.11 Å². The van der Waals surface area contributed by atoms with E-state index in [1.807, 2.05) is 37.3 Å². The molecule has 0 saturated carbocycles. The van der Waals surface area contributed by atoms with Gasteiger partial charge in [-0.05, 0) is 37.5 Å². The summed E-state index contributed by atoms with van der Waals surface area (Å²) in [5.74, 6) is 1.58. The van der Waals surface area contributed by atoms with Gasteiger partial charge in [-0.3, -0.25) is 0 Å². The first-order chi connectivity index (χ1) is 15.6. The van der Waals surface area contributed by atoms with Crippen LogP contribution in [0, 0.1) is 0 Å². The summed E-state index contributed by atoms with van der Waals surface area (Å²) in [5, 5.41) is 0. The predicted molar refractivity (Wildman–Crippen MR) is 119 cm³/mol. The van der Waals surface area contributed by atoms with E-state index in [9.17, 15) is 4.79 Å². The number of rotatable bonds is 5. The number of aryl methyl sites for hydroxylation is 1. The van der Waals surface area contributed by atoms with Crippen LogP contribution in [0.1, 0.15) is 26.2 Å². The number of hydrogen-bond acceptors (Lipinski definition) is 8. The van der Waals surface area contributed by atoms with Gasteiger partial charge in [0.05, 0.1) is 19.2 Å². The van der Waals surface area contributed by atoms with E-state index in [0.29, 0.717) is 35.6 Å². The first kappa shape index (κ1) is 20.2. The molecule has 0 saturated heterocycles. The Labute approximate surface area is 184 Å². The highest BCUT2D eigenvalue weighted by atomic mass is 16.6. The number of anilines is 1. The average Bonchev–Trinajstić information content (AvgIpc) is 3.33. The molecule has 2 N–H and O–H groups in total. The van der Waals surface area contributed by atoms with Crippen LogP contribution in [0.2, 0.25) is 0 Å². The normalized spacial score (nSPS) is 14.6. The molecule has 2 aromatic carbocycles. The third-order valence-corrected chi connectivity index (χ3v) is 5.59. The third kappa shape index (κ3) is 3.49. The minimum absolute atomic E-state index is 0.133. The second kappa shape index (κ2) is 8.07. The lowest BCUT2D eigenvalue weighted by atomic mass is 10.2. The molecule has 1 atom stereocenters. The number of imidazole rings is 1. The molecule has 0 aliphatic carbocycles. The summed E-state index contributed by atoms with van der Waals surface area (Å²) in [6.07, 6.45) is 1.68. The average molecular weight is 436 g/mol. The molecule has 1 aliphatic rings. The zero-order chi connectivity index (χ0) is 22.2. The van der Waals surface area contributed by atoms with E-state index in [-0.39, 0.29) is 6.01 Å². The Balaban J connectivity index is 1.64. The van der Waals surface area contributed by atoms with Crippen molar-refractivity contribution >= 4 is 34.1 Å². The molecule has 0 spiro atoms. The summed E-state index contributed by atoms with van der Waals surface area (Å²) in [6.45, 7) is 3.29. The largest absolute Gasteiger partial charge is 0.491 e. The first-order valence-electron chi connectivity index (χ1n) is 10.7. The number of aromatic nitrogens is 3. The van der Waals surface area contributed by atoms with E-state index in [1.54, 1.807) is 0 Å². The maximum Gasteiger partial charge on any atom is 0.347 e. The molecular weight excluding hydrogens is 412 g/mol. The summed E-state index contributed by atoms with van der Waals surface area (Å²) in [6, 6.07) is 9.50. The quantitative estimate of drug-likeness (QED) is 0.468. The second-order valence-corrected chi connectivity index (χ2v) is 7.70. The zero-order valence-corrected chi connectivity index (χ0v) is 18.0. The minimum atomic E-state index is -0.695. The van der Waals surface area contributed by atoms with Gasteiger partial charge in [0.25, 0.3) is 6.01 Å². The van der Waals surface area contributed by atoms with E-state index in [2.05, 4.69) is 9.55 Å². The molecule has 1 unspecified atom stereocenters. The van der Waals surface area contributed by atoms with Crippen LogP contribution >= 0.6 is 0 Å². The maximum atomic E-state index is 12.0. The van der Waals surface area contributed by atoms with Crippen LogP contribution in [-0.2, 0) is 16.1 Å². The summed E-state index contributed by atoms with van der Waals surface area (Å²) in [5.41, 5.74) is 9.54. The van der Waals surface area contributed by atoms with Crippen LogP contribution in [-0.4, -0.2) is 40.3 Å². The molecule has 4 aromatic rings. The van der Waals surface area contributed by atoms with Gasteiger partial charge in [0.15, 0.2) is 11.7 Å². The molecule has 1 aliphatic heterocycles. The fourth-order valence-corrected chi connectivity index (χ4v) is 4.05. The molecule has 9 nitrogen and oxygen atoms in total. The van der Waals surface area contributed by atoms with Crippen LogP contribution in [0.3, 0.4) is 0 Å². The predicted octanol–water partition coefficient (Wildman–Crippen LogP) is 3.93. The highest BCUT2D eigenvalue weighted by Crippen LogP contribution is 2.37. The minimum Gasteiger partial charge on any atom is -0.491 e. The van der Waals surface area contributed by atoms with E-state index < -0.39 is 12.1 Å². The van der Waals surface area contributed by atoms with Crippen molar-refractivity contribution in [2.75, 3.05) is 19.5 Å². The number of oxazole rings is 1. The van der Waals surface area contributed by atoms with Gasteiger partial charge in [-0.25, -0.2) is 9.78 Å². The van der Waals surface area contributed by atoms with Gasteiger partial charge >= 0.3 is 5.97 Å². The molecule has 0 radical (unpaired) electrons. The van der Waals surface area contributed by atoms with Gasteiger partial charge in [0.2, 0.25) is 0 Å². The van der Waals surface area contributed by atoms with Crippen molar-refractivity contribution in [3.8, 4) is 22.9 Å². The SMILES string of the molecule is CCC(Oc1cc2c3c(c1)nc(-c1ccc4oc(N)nc4c1)n3CCCCO2)C(=O)OC. The van der Waals surface area contributed by atoms with Gasteiger partial charge in [-0.15, -0.1) is 0 Å². The number of carbonyl (C=O) groups is 1. The van der Waals surface area contributed by atoms with Gasteiger partial charge in [0, 0.05) is 24.2 Å². The maximum absolute atomic E-state index is 12.0. The standard InChI is InChI=1S/C23H24N4O5/c1-3-17(22(28)29-2)31-14-11-16-20-19(12-14)30-9-5-4-8-27(20)21(25-16)13-6-7-18-15(10-13)26-23(24)32-18/h6-7,10-12,17H,3-5,8-9H2,1-2H3,(H2,24,26). The molecule has 9 heteroatoms. The van der Waals surface area contributed by atoms with Crippen molar-refractivity contribution in [2.45, 2.75) is 38.8 Å². The number of nitrogen functional groups attached to an aromatic ring is 1. The monoisotopic (exact) mass is 436 g/mol. The number of methoxy groups -OCH3 is 1. The van der Waals surface area contributed by atoms with Crippen molar-refractivity contribution in [2.24, 2.45) is 0 Å². The van der Waals surface area contributed by atoms with Gasteiger partial charge < -0.3 is 28.9 Å². The smallest absolute Gasteiger partial charge is 0.347 e. The number of benzene rings is 2. The first-order valence-corrected chi connectivity index (χ1v) is 10.7. The molecule has 166 valence electrons. The Morgan fingerprint density at radius 3 is 2.91 bits per heavy atom. The Morgan fingerprint density at radius 1 is 1.22 bits per heavy atom. The Morgan fingerprint density at radius 2 is 2.09 bits per heavy atom. The lowest BCUT2D eigenvalue weighted by Gasteiger charge is -2.19. The number of carbonyl (C=O) groups excluding carboxylic acids is 1. The summed E-state index contributed by atoms with van der Waals surface area (Å²) < 4.78 is 24.4. The molecule has 0 fully saturated rings. The summed E-state index contributed by atoms with van der Waals surface area (Å²) >= 11 is 0. The van der Waals surface area contributed by atoms with Crippen molar-refractivity contribution < 1.29 is 23.4 Å². The Bertz CT molecular complexity index is 1310. The zero-order valence-electron chi connectivity index (χ0n) is 18.0. The lowest BCUT2D eigenvalue weighted by Crippen LogP contribution is -2.27. The lowest BCUT2D eigenvalue weighted by molar-refractivity contribution is -0.148.